The number of benzene rings is 1. The summed E-state index contributed by atoms with van der Waals surface area (Å²) in [4.78, 5) is 8.76. The van der Waals surface area contributed by atoms with Crippen molar-refractivity contribution in [1.29, 1.82) is 0 Å². The van der Waals surface area contributed by atoms with E-state index in [1.807, 2.05) is 31.2 Å². The van der Waals surface area contributed by atoms with Crippen LogP contribution in [-0.4, -0.2) is 37.2 Å². The van der Waals surface area contributed by atoms with Gasteiger partial charge in [-0.2, -0.15) is 0 Å². The van der Waals surface area contributed by atoms with Gasteiger partial charge >= 0.3 is 0 Å². The van der Waals surface area contributed by atoms with E-state index in [0.717, 1.165) is 11.3 Å². The topological polar surface area (TPSA) is 85.7 Å². The lowest BCUT2D eigenvalue weighted by Gasteiger charge is -2.12. The van der Waals surface area contributed by atoms with E-state index in [1.165, 1.54) is 5.56 Å². The Labute approximate surface area is 159 Å². The first-order valence-corrected chi connectivity index (χ1v) is 7.65. The number of aliphatic imine (C=N–C) groups is 1. The number of hydrogen-bond donors (Lipinski definition) is 2. The molecule has 1 aromatic carbocycles. The number of rotatable bonds is 7. The Kier molecular flexibility index (Phi) is 8.77. The van der Waals surface area contributed by atoms with Gasteiger partial charge in [0.1, 0.15) is 6.26 Å². The highest BCUT2D eigenvalue weighted by atomic mass is 127. The molecule has 1 heterocycles. The van der Waals surface area contributed by atoms with Crippen molar-refractivity contribution in [3.05, 3.63) is 41.8 Å². The zero-order chi connectivity index (χ0) is 16.7. The summed E-state index contributed by atoms with van der Waals surface area (Å²) in [7, 11) is 1.65. The average Bonchev–Trinajstić information content (AvgIpc) is 2.97. The van der Waals surface area contributed by atoms with Crippen LogP contribution in [0.4, 0.5) is 0 Å². The van der Waals surface area contributed by atoms with Crippen LogP contribution in [0.15, 0.2) is 39.9 Å². The lowest BCUT2D eigenvalue weighted by Crippen LogP contribution is -2.40. The molecule has 0 aliphatic carbocycles. The molecule has 0 fully saturated rings. The van der Waals surface area contributed by atoms with Gasteiger partial charge in [-0.3, -0.25) is 4.99 Å². The maximum Gasteiger partial charge on any atom is 0.226 e. The molecule has 6 nitrogen and oxygen atoms in total. The third-order valence-corrected chi connectivity index (χ3v) is 3.31. The first kappa shape index (κ1) is 20.4. The number of nitrogens with one attached hydrogen (secondary N) is 1. The first-order valence-electron chi connectivity index (χ1n) is 7.65. The van der Waals surface area contributed by atoms with Crippen LogP contribution in [-0.2, 0) is 11.2 Å². The Hall–Kier alpha value is -1.61. The molecule has 0 saturated carbocycles. The van der Waals surface area contributed by atoms with Crippen LogP contribution in [0.2, 0.25) is 0 Å². The van der Waals surface area contributed by atoms with Gasteiger partial charge < -0.3 is 20.2 Å². The number of aromatic nitrogens is 1. The second-order valence-electron chi connectivity index (χ2n) is 5.53. The normalized spacial score (nSPS) is 12.5. The van der Waals surface area contributed by atoms with Gasteiger partial charge in [-0.05, 0) is 26.0 Å². The van der Waals surface area contributed by atoms with Crippen molar-refractivity contribution in [2.45, 2.75) is 26.3 Å². The van der Waals surface area contributed by atoms with Gasteiger partial charge in [0.25, 0.3) is 0 Å². The predicted octanol–water partition coefficient (Wildman–Crippen LogP) is 2.75. The monoisotopic (exact) mass is 444 g/mol. The van der Waals surface area contributed by atoms with E-state index in [4.69, 9.17) is 14.9 Å². The van der Waals surface area contributed by atoms with E-state index in [1.54, 1.807) is 13.4 Å². The maximum atomic E-state index is 5.82. The van der Waals surface area contributed by atoms with Crippen LogP contribution in [0.25, 0.3) is 11.5 Å². The van der Waals surface area contributed by atoms with Crippen LogP contribution < -0.4 is 11.1 Å². The molecule has 2 aromatic rings. The summed E-state index contributed by atoms with van der Waals surface area (Å²) < 4.78 is 10.6. The van der Waals surface area contributed by atoms with E-state index in [-0.39, 0.29) is 30.0 Å². The molecule has 0 saturated heterocycles. The SMILES string of the molecule is COCC(C)NC(N)=NCCc1coc(-c2ccc(C)cc2)n1.I. The minimum absolute atomic E-state index is 0. The average molecular weight is 444 g/mol. The van der Waals surface area contributed by atoms with Crippen molar-refractivity contribution in [2.75, 3.05) is 20.3 Å². The van der Waals surface area contributed by atoms with Crippen LogP contribution >= 0.6 is 24.0 Å². The molecular formula is C17H25IN4O2. The van der Waals surface area contributed by atoms with Crippen molar-refractivity contribution in [2.24, 2.45) is 10.7 Å². The van der Waals surface area contributed by atoms with Gasteiger partial charge in [-0.25, -0.2) is 4.98 Å². The molecule has 0 radical (unpaired) electrons. The Balaban J connectivity index is 0.00000288. The Bertz CT molecular complexity index is 640. The van der Waals surface area contributed by atoms with Gasteiger partial charge in [0.05, 0.1) is 12.3 Å². The number of oxazole rings is 1. The minimum Gasteiger partial charge on any atom is -0.444 e. The molecule has 1 aromatic heterocycles. The van der Waals surface area contributed by atoms with Crippen molar-refractivity contribution in [3.8, 4) is 11.5 Å². The van der Waals surface area contributed by atoms with Gasteiger partial charge in [0.2, 0.25) is 5.89 Å². The van der Waals surface area contributed by atoms with Crippen molar-refractivity contribution in [3.63, 3.8) is 0 Å². The third-order valence-electron chi connectivity index (χ3n) is 3.31. The molecule has 132 valence electrons. The van der Waals surface area contributed by atoms with Gasteiger partial charge in [0, 0.05) is 31.7 Å². The maximum absolute atomic E-state index is 5.82. The number of hydrogen-bond acceptors (Lipinski definition) is 4. The molecule has 24 heavy (non-hydrogen) atoms. The highest BCUT2D eigenvalue weighted by molar-refractivity contribution is 14.0. The fourth-order valence-electron chi connectivity index (χ4n) is 2.13. The zero-order valence-electron chi connectivity index (χ0n) is 14.3. The first-order chi connectivity index (χ1) is 11.1. The van der Waals surface area contributed by atoms with E-state index in [2.05, 4.69) is 22.2 Å². The number of aryl methyl sites for hydroxylation is 1. The standard InChI is InChI=1S/C17H24N4O2.HI/c1-12-4-6-14(7-5-12)16-21-15(11-23-16)8-9-19-17(18)20-13(2)10-22-3;/h4-7,11,13H,8-10H2,1-3H3,(H3,18,19,20);1H. The Morgan fingerprint density at radius 2 is 2.08 bits per heavy atom. The quantitative estimate of drug-likeness (QED) is 0.390. The highest BCUT2D eigenvalue weighted by Crippen LogP contribution is 2.19. The smallest absolute Gasteiger partial charge is 0.226 e. The predicted molar refractivity (Wildman–Crippen MR) is 107 cm³/mol. The van der Waals surface area contributed by atoms with Crippen molar-refractivity contribution in [1.82, 2.24) is 10.3 Å². The summed E-state index contributed by atoms with van der Waals surface area (Å²) in [6, 6.07) is 8.21. The van der Waals surface area contributed by atoms with E-state index in [9.17, 15) is 0 Å². The fraction of sp³-hybridized carbons (Fsp3) is 0.412. The molecule has 0 spiro atoms. The number of methoxy groups -OCH3 is 1. The molecule has 1 unspecified atom stereocenters. The zero-order valence-corrected chi connectivity index (χ0v) is 16.6. The summed E-state index contributed by atoms with van der Waals surface area (Å²) in [5.41, 5.74) is 8.86. The van der Waals surface area contributed by atoms with Crippen LogP contribution in [0.1, 0.15) is 18.2 Å². The lowest BCUT2D eigenvalue weighted by atomic mass is 10.1. The van der Waals surface area contributed by atoms with Crippen molar-refractivity contribution >= 4 is 29.9 Å². The molecule has 0 aliphatic rings. The van der Waals surface area contributed by atoms with Crippen molar-refractivity contribution < 1.29 is 9.15 Å². The molecule has 2 rings (SSSR count). The summed E-state index contributed by atoms with van der Waals surface area (Å²) in [6.45, 7) is 5.17. The summed E-state index contributed by atoms with van der Waals surface area (Å²) in [5.74, 6) is 1.04. The van der Waals surface area contributed by atoms with E-state index in [0.29, 0.717) is 31.4 Å². The van der Waals surface area contributed by atoms with Gasteiger partial charge in [-0.15, -0.1) is 24.0 Å². The fourth-order valence-corrected chi connectivity index (χ4v) is 2.13. The summed E-state index contributed by atoms with van der Waals surface area (Å²) in [5, 5.41) is 3.06. The molecule has 3 N–H and O–H groups in total. The second-order valence-corrected chi connectivity index (χ2v) is 5.53. The van der Waals surface area contributed by atoms with Crippen LogP contribution in [0, 0.1) is 6.92 Å². The molecule has 0 aliphatic heterocycles. The molecule has 0 bridgehead atoms. The molecular weight excluding hydrogens is 419 g/mol. The number of nitrogens with zero attached hydrogens (tertiary/aromatic N) is 2. The molecule has 1 atom stereocenters. The molecule has 7 heteroatoms. The van der Waals surface area contributed by atoms with Gasteiger partial charge in [0.15, 0.2) is 5.96 Å². The number of halogens is 1. The molecule has 0 amide bonds. The second kappa shape index (κ2) is 10.3. The summed E-state index contributed by atoms with van der Waals surface area (Å²) in [6.07, 6.45) is 2.35. The van der Waals surface area contributed by atoms with E-state index >= 15 is 0 Å². The number of nitrogens with two attached hydrogens (primary N) is 1. The summed E-state index contributed by atoms with van der Waals surface area (Å²) >= 11 is 0. The van der Waals surface area contributed by atoms with E-state index < -0.39 is 0 Å². The number of ether oxygens (including phenoxy) is 1. The number of guanidine groups is 1. The lowest BCUT2D eigenvalue weighted by molar-refractivity contribution is 0.179. The Morgan fingerprint density at radius 1 is 1.38 bits per heavy atom. The minimum atomic E-state index is 0. The third kappa shape index (κ3) is 6.48. The Morgan fingerprint density at radius 3 is 2.75 bits per heavy atom. The van der Waals surface area contributed by atoms with Crippen LogP contribution in [0.3, 0.4) is 0 Å². The largest absolute Gasteiger partial charge is 0.444 e. The van der Waals surface area contributed by atoms with Gasteiger partial charge in [-0.1, -0.05) is 17.7 Å². The highest BCUT2D eigenvalue weighted by Gasteiger charge is 2.06. The van der Waals surface area contributed by atoms with Crippen LogP contribution in [0.5, 0.6) is 0 Å².